The summed E-state index contributed by atoms with van der Waals surface area (Å²) in [6.45, 7) is 3.07. The average Bonchev–Trinajstić information content (AvgIpc) is 2.15. The van der Waals surface area contributed by atoms with E-state index in [0.717, 1.165) is 0 Å². The molecule has 0 radical (unpaired) electrons. The Morgan fingerprint density at radius 2 is 2.60 bits per heavy atom. The molecule has 58 valence electrons. The van der Waals surface area contributed by atoms with Gasteiger partial charge in [-0.25, -0.2) is 4.79 Å². The number of ether oxygens (including phenoxy) is 1. The first kappa shape index (κ1) is 7.34. The minimum atomic E-state index is -0.467. The summed E-state index contributed by atoms with van der Waals surface area (Å²) in [6.07, 6.45) is -0.786. The molecule has 1 aliphatic rings. The maximum absolute atomic E-state index is 10.7. The van der Waals surface area contributed by atoms with Gasteiger partial charge in [0.15, 0.2) is 0 Å². The Morgan fingerprint density at radius 3 is 3.00 bits per heavy atom. The van der Waals surface area contributed by atoms with E-state index in [9.17, 15) is 4.79 Å². The fraction of sp³-hybridized carbons (Fsp3) is 0.833. The highest BCUT2D eigenvalue weighted by atomic mass is 16.6. The third-order valence-corrected chi connectivity index (χ3v) is 1.33. The van der Waals surface area contributed by atoms with Crippen LogP contribution in [0.5, 0.6) is 0 Å². The molecule has 1 fully saturated rings. The van der Waals surface area contributed by atoms with E-state index in [4.69, 9.17) is 5.11 Å². The van der Waals surface area contributed by atoms with Crippen molar-refractivity contribution in [1.82, 2.24) is 4.90 Å². The molecule has 0 aromatic heterocycles. The fourth-order valence-electron chi connectivity index (χ4n) is 0.910. The first-order valence-corrected chi connectivity index (χ1v) is 3.30. The lowest BCUT2D eigenvalue weighted by Crippen LogP contribution is -2.31. The molecular formula is C6H11NO3. The Labute approximate surface area is 59.4 Å². The van der Waals surface area contributed by atoms with Gasteiger partial charge in [0.05, 0.1) is 12.6 Å². The molecule has 1 saturated heterocycles. The molecular weight excluding hydrogens is 134 g/mol. The minimum Gasteiger partial charge on any atom is -0.448 e. The molecule has 1 atom stereocenters. The van der Waals surface area contributed by atoms with Crippen molar-refractivity contribution in [3.05, 3.63) is 0 Å². The van der Waals surface area contributed by atoms with E-state index >= 15 is 0 Å². The normalized spacial score (nSPS) is 21.0. The molecule has 0 aromatic carbocycles. The zero-order valence-corrected chi connectivity index (χ0v) is 5.91. The van der Waals surface area contributed by atoms with Gasteiger partial charge in [0.25, 0.3) is 0 Å². The van der Waals surface area contributed by atoms with Crippen molar-refractivity contribution in [3.63, 3.8) is 0 Å². The Morgan fingerprint density at radius 1 is 1.90 bits per heavy atom. The zero-order chi connectivity index (χ0) is 7.56. The van der Waals surface area contributed by atoms with Crippen LogP contribution in [0.3, 0.4) is 0 Å². The average molecular weight is 145 g/mol. The second-order valence-electron chi connectivity index (χ2n) is 2.41. The summed E-state index contributed by atoms with van der Waals surface area (Å²) in [6, 6.07) is 0. The number of aliphatic hydroxyl groups excluding tert-OH is 1. The van der Waals surface area contributed by atoms with Gasteiger partial charge in [-0.1, -0.05) is 0 Å². The molecule has 1 rings (SSSR count). The number of cyclic esters (lactones) is 1. The maximum Gasteiger partial charge on any atom is 0.410 e. The predicted molar refractivity (Wildman–Crippen MR) is 34.6 cm³/mol. The summed E-state index contributed by atoms with van der Waals surface area (Å²) in [7, 11) is 0. The van der Waals surface area contributed by atoms with Crippen LogP contribution >= 0.6 is 0 Å². The molecule has 1 unspecified atom stereocenters. The van der Waals surface area contributed by atoms with Crippen molar-refractivity contribution in [2.75, 3.05) is 19.7 Å². The molecule has 4 heteroatoms. The van der Waals surface area contributed by atoms with Gasteiger partial charge >= 0.3 is 6.09 Å². The van der Waals surface area contributed by atoms with Gasteiger partial charge in [0, 0.05) is 6.54 Å². The highest BCUT2D eigenvalue weighted by Crippen LogP contribution is 2.03. The van der Waals surface area contributed by atoms with Crippen LogP contribution in [0.15, 0.2) is 0 Å². The van der Waals surface area contributed by atoms with Gasteiger partial charge in [-0.15, -0.1) is 0 Å². The highest BCUT2D eigenvalue weighted by molar-refractivity contribution is 5.69. The predicted octanol–water partition coefficient (Wildman–Crippen LogP) is -0.181. The Kier molecular flexibility index (Phi) is 2.11. The van der Waals surface area contributed by atoms with Crippen LogP contribution in [0.1, 0.15) is 6.92 Å². The van der Waals surface area contributed by atoms with Crippen LogP contribution in [0.4, 0.5) is 4.79 Å². The second kappa shape index (κ2) is 2.88. The lowest BCUT2D eigenvalue weighted by Gasteiger charge is -2.13. The van der Waals surface area contributed by atoms with Crippen molar-refractivity contribution < 1.29 is 14.6 Å². The largest absolute Gasteiger partial charge is 0.448 e. The Balaban J connectivity index is 2.33. The zero-order valence-electron chi connectivity index (χ0n) is 5.91. The van der Waals surface area contributed by atoms with Crippen LogP contribution in [0.2, 0.25) is 0 Å². The van der Waals surface area contributed by atoms with E-state index in [1.807, 2.05) is 0 Å². The van der Waals surface area contributed by atoms with Crippen molar-refractivity contribution >= 4 is 6.09 Å². The van der Waals surface area contributed by atoms with Gasteiger partial charge in [0.1, 0.15) is 6.61 Å². The molecule has 1 heterocycles. The van der Waals surface area contributed by atoms with Crippen LogP contribution < -0.4 is 0 Å². The van der Waals surface area contributed by atoms with Crippen LogP contribution in [-0.2, 0) is 4.74 Å². The lowest BCUT2D eigenvalue weighted by atomic mass is 10.4. The molecule has 1 N–H and O–H groups in total. The number of amides is 1. The standard InChI is InChI=1S/C6H11NO3/c1-5(8)4-7-2-3-10-6(7)9/h5,8H,2-4H2,1H3. The Bertz CT molecular complexity index is 135. The molecule has 0 aliphatic carbocycles. The minimum absolute atomic E-state index is 0.319. The van der Waals surface area contributed by atoms with Crippen LogP contribution in [0, 0.1) is 0 Å². The van der Waals surface area contributed by atoms with Gasteiger partial charge in [-0.3, -0.25) is 0 Å². The van der Waals surface area contributed by atoms with Crippen molar-refractivity contribution in [3.8, 4) is 0 Å². The first-order chi connectivity index (χ1) is 4.70. The molecule has 0 bridgehead atoms. The molecule has 10 heavy (non-hydrogen) atoms. The molecule has 0 aromatic rings. The quantitative estimate of drug-likeness (QED) is 0.586. The number of hydrogen-bond acceptors (Lipinski definition) is 3. The Hall–Kier alpha value is -0.770. The fourth-order valence-corrected chi connectivity index (χ4v) is 0.910. The molecule has 1 aliphatic heterocycles. The summed E-state index contributed by atoms with van der Waals surface area (Å²) < 4.78 is 4.64. The van der Waals surface area contributed by atoms with Gasteiger partial charge in [-0.05, 0) is 6.92 Å². The van der Waals surface area contributed by atoms with Crippen LogP contribution in [-0.4, -0.2) is 41.9 Å². The smallest absolute Gasteiger partial charge is 0.410 e. The number of rotatable bonds is 2. The van der Waals surface area contributed by atoms with E-state index in [2.05, 4.69) is 4.74 Å². The number of carbonyl (C=O) groups is 1. The van der Waals surface area contributed by atoms with Crippen molar-refractivity contribution in [2.45, 2.75) is 13.0 Å². The van der Waals surface area contributed by atoms with E-state index in [1.54, 1.807) is 6.92 Å². The molecule has 1 amide bonds. The third kappa shape index (κ3) is 1.60. The topological polar surface area (TPSA) is 49.8 Å². The number of carbonyl (C=O) groups excluding carboxylic acids is 1. The molecule has 0 saturated carbocycles. The third-order valence-electron chi connectivity index (χ3n) is 1.33. The summed E-state index contributed by atoms with van der Waals surface area (Å²) in [4.78, 5) is 12.2. The van der Waals surface area contributed by atoms with E-state index in [1.165, 1.54) is 4.90 Å². The lowest BCUT2D eigenvalue weighted by molar-refractivity contribution is 0.127. The second-order valence-corrected chi connectivity index (χ2v) is 2.41. The van der Waals surface area contributed by atoms with Crippen molar-refractivity contribution in [1.29, 1.82) is 0 Å². The monoisotopic (exact) mass is 145 g/mol. The number of hydrogen-bond donors (Lipinski definition) is 1. The maximum atomic E-state index is 10.7. The van der Waals surface area contributed by atoms with Gasteiger partial charge in [-0.2, -0.15) is 0 Å². The number of aliphatic hydroxyl groups is 1. The van der Waals surface area contributed by atoms with Crippen LogP contribution in [0.25, 0.3) is 0 Å². The summed E-state index contributed by atoms with van der Waals surface area (Å²) >= 11 is 0. The van der Waals surface area contributed by atoms with E-state index in [0.29, 0.717) is 19.7 Å². The molecule has 4 nitrogen and oxygen atoms in total. The number of β-amino-alcohol motifs (C(OH)–C–C–N with tert-alkyl or cyclic N) is 1. The molecule has 0 spiro atoms. The van der Waals surface area contributed by atoms with E-state index in [-0.39, 0.29) is 6.09 Å². The summed E-state index contributed by atoms with van der Waals surface area (Å²) in [5.74, 6) is 0. The summed E-state index contributed by atoms with van der Waals surface area (Å²) in [5, 5.41) is 8.88. The van der Waals surface area contributed by atoms with Gasteiger partial charge in [0.2, 0.25) is 0 Å². The highest BCUT2D eigenvalue weighted by Gasteiger charge is 2.22. The van der Waals surface area contributed by atoms with Crippen molar-refractivity contribution in [2.24, 2.45) is 0 Å². The summed E-state index contributed by atoms with van der Waals surface area (Å²) in [5.41, 5.74) is 0. The van der Waals surface area contributed by atoms with Gasteiger partial charge < -0.3 is 14.7 Å². The number of nitrogens with zero attached hydrogens (tertiary/aromatic N) is 1. The SMILES string of the molecule is CC(O)CN1CCOC1=O. The first-order valence-electron chi connectivity index (χ1n) is 3.30. The van der Waals surface area contributed by atoms with E-state index < -0.39 is 6.10 Å².